The van der Waals surface area contributed by atoms with Crippen molar-refractivity contribution >= 4 is 17.2 Å². The Bertz CT molecular complexity index is 528. The van der Waals surface area contributed by atoms with Gasteiger partial charge in [-0.05, 0) is 31.9 Å². The number of nitro groups is 1. The molecule has 1 amide bonds. The first kappa shape index (κ1) is 12.6. The average Bonchev–Trinajstić information content (AvgIpc) is 2.82. The largest absolute Gasteiger partial charge is 0.334 e. The Morgan fingerprint density at radius 1 is 1.53 bits per heavy atom. The van der Waals surface area contributed by atoms with Crippen LogP contribution in [0.5, 0.6) is 0 Å². The van der Waals surface area contributed by atoms with Gasteiger partial charge in [-0.25, -0.2) is 0 Å². The smallest absolute Gasteiger partial charge is 0.233 e. The summed E-state index contributed by atoms with van der Waals surface area (Å²) in [5.74, 6) is -0.396. The van der Waals surface area contributed by atoms with Crippen molar-refractivity contribution in [1.82, 2.24) is 4.90 Å². The maximum atomic E-state index is 12.3. The van der Waals surface area contributed by atoms with Gasteiger partial charge in [0.25, 0.3) is 0 Å². The summed E-state index contributed by atoms with van der Waals surface area (Å²) in [6.45, 7) is 2.79. The fraction of sp³-hybridized carbons (Fsp3) is 0.615. The SMILES string of the molecule is Cc1ccc([C@@H]2CCCN2C(=O)[C@@H]2C[C@H]2[N+](=O)[O-])s1. The predicted octanol–water partition coefficient (Wildman–Crippen LogP) is 2.39. The number of rotatable bonds is 3. The van der Waals surface area contributed by atoms with Gasteiger partial charge in [0.15, 0.2) is 0 Å². The van der Waals surface area contributed by atoms with Gasteiger partial charge < -0.3 is 4.90 Å². The second-order valence-corrected chi connectivity index (χ2v) is 6.65. The standard InChI is InChI=1S/C13H16N2O3S/c1-8-4-5-12(19-8)10-3-2-6-14(10)13(16)9-7-11(9)15(17)18/h4-5,9-11H,2-3,6-7H2,1H3/t9-,10+,11-/m1/s1. The topological polar surface area (TPSA) is 63.5 Å². The number of hydrogen-bond acceptors (Lipinski definition) is 4. The van der Waals surface area contributed by atoms with Crippen molar-refractivity contribution in [3.63, 3.8) is 0 Å². The third kappa shape index (κ3) is 2.25. The molecule has 0 spiro atoms. The van der Waals surface area contributed by atoms with E-state index in [2.05, 4.69) is 19.1 Å². The van der Waals surface area contributed by atoms with Crippen LogP contribution in [-0.2, 0) is 4.79 Å². The molecular weight excluding hydrogens is 264 g/mol. The first-order chi connectivity index (χ1) is 9.08. The zero-order valence-electron chi connectivity index (χ0n) is 10.7. The summed E-state index contributed by atoms with van der Waals surface area (Å²) in [4.78, 5) is 27.0. The summed E-state index contributed by atoms with van der Waals surface area (Å²) < 4.78 is 0. The fourth-order valence-corrected chi connectivity index (χ4v) is 3.88. The molecule has 2 aliphatic rings. The first-order valence-corrected chi connectivity index (χ1v) is 7.40. The highest BCUT2D eigenvalue weighted by atomic mass is 32.1. The number of amides is 1. The Morgan fingerprint density at radius 2 is 2.32 bits per heavy atom. The van der Waals surface area contributed by atoms with E-state index < -0.39 is 6.04 Å². The van der Waals surface area contributed by atoms with E-state index in [1.165, 1.54) is 9.75 Å². The summed E-state index contributed by atoms with van der Waals surface area (Å²) in [6.07, 6.45) is 2.38. The Kier molecular flexibility index (Phi) is 3.05. The molecule has 2 fully saturated rings. The number of likely N-dealkylation sites (tertiary alicyclic amines) is 1. The molecule has 102 valence electrons. The van der Waals surface area contributed by atoms with Gasteiger partial charge in [-0.2, -0.15) is 0 Å². The van der Waals surface area contributed by atoms with E-state index in [-0.39, 0.29) is 22.8 Å². The normalized spacial score (nSPS) is 29.5. The van der Waals surface area contributed by atoms with Gasteiger partial charge in [0.05, 0.1) is 6.04 Å². The predicted molar refractivity (Wildman–Crippen MR) is 71.6 cm³/mol. The van der Waals surface area contributed by atoms with Crippen LogP contribution in [0.4, 0.5) is 0 Å². The van der Waals surface area contributed by atoms with Gasteiger partial charge in [-0.3, -0.25) is 14.9 Å². The van der Waals surface area contributed by atoms with Gasteiger partial charge >= 0.3 is 0 Å². The van der Waals surface area contributed by atoms with Crippen LogP contribution in [0.25, 0.3) is 0 Å². The van der Waals surface area contributed by atoms with Crippen molar-refractivity contribution in [1.29, 1.82) is 0 Å². The summed E-state index contributed by atoms with van der Waals surface area (Å²) in [7, 11) is 0. The maximum Gasteiger partial charge on any atom is 0.233 e. The molecule has 3 atom stereocenters. The number of carbonyl (C=O) groups excluding carboxylic acids is 1. The lowest BCUT2D eigenvalue weighted by molar-refractivity contribution is -0.497. The van der Waals surface area contributed by atoms with Crippen LogP contribution in [0, 0.1) is 23.0 Å². The van der Waals surface area contributed by atoms with Crippen molar-refractivity contribution in [3.05, 3.63) is 32.0 Å². The lowest BCUT2D eigenvalue weighted by atomic mass is 10.2. The molecule has 19 heavy (non-hydrogen) atoms. The van der Waals surface area contributed by atoms with Crippen LogP contribution in [-0.4, -0.2) is 28.3 Å². The summed E-state index contributed by atoms with van der Waals surface area (Å²) >= 11 is 1.72. The van der Waals surface area contributed by atoms with Gasteiger partial charge in [0, 0.05) is 27.6 Å². The molecule has 0 N–H and O–H groups in total. The second-order valence-electron chi connectivity index (χ2n) is 5.33. The van der Waals surface area contributed by atoms with Crippen LogP contribution in [0.15, 0.2) is 12.1 Å². The average molecular weight is 280 g/mol. The van der Waals surface area contributed by atoms with Gasteiger partial charge in [-0.1, -0.05) is 0 Å². The molecule has 5 nitrogen and oxygen atoms in total. The Balaban J connectivity index is 1.73. The van der Waals surface area contributed by atoms with E-state index in [0.29, 0.717) is 6.42 Å². The van der Waals surface area contributed by atoms with Crippen molar-refractivity contribution < 1.29 is 9.72 Å². The number of nitrogens with zero attached hydrogens (tertiary/aromatic N) is 2. The molecule has 1 aliphatic heterocycles. The highest BCUT2D eigenvalue weighted by Gasteiger charge is 2.55. The molecular formula is C13H16N2O3S. The molecule has 1 saturated heterocycles. The van der Waals surface area contributed by atoms with Crippen LogP contribution < -0.4 is 0 Å². The molecule has 1 aliphatic carbocycles. The number of thiophene rings is 1. The van der Waals surface area contributed by atoms with Gasteiger partial charge in [0.1, 0.15) is 5.92 Å². The zero-order chi connectivity index (χ0) is 13.6. The molecule has 1 aromatic heterocycles. The molecule has 6 heteroatoms. The van der Waals surface area contributed by atoms with Gasteiger partial charge in [-0.15, -0.1) is 11.3 Å². The highest BCUT2D eigenvalue weighted by molar-refractivity contribution is 7.12. The van der Waals surface area contributed by atoms with E-state index in [9.17, 15) is 14.9 Å². The van der Waals surface area contributed by atoms with Crippen molar-refractivity contribution in [2.75, 3.05) is 6.54 Å². The summed E-state index contributed by atoms with van der Waals surface area (Å²) in [5.41, 5.74) is 0. The zero-order valence-corrected chi connectivity index (χ0v) is 11.6. The quantitative estimate of drug-likeness (QED) is 0.631. The number of aryl methyl sites for hydroxylation is 1. The Morgan fingerprint density at radius 3 is 2.89 bits per heavy atom. The Hall–Kier alpha value is -1.43. The second kappa shape index (κ2) is 4.59. The van der Waals surface area contributed by atoms with E-state index >= 15 is 0 Å². The monoisotopic (exact) mass is 280 g/mol. The molecule has 0 unspecified atom stereocenters. The fourth-order valence-electron chi connectivity index (χ4n) is 2.85. The number of carbonyl (C=O) groups is 1. The summed E-state index contributed by atoms with van der Waals surface area (Å²) in [5, 5.41) is 10.7. The van der Waals surface area contributed by atoms with Crippen LogP contribution in [0.1, 0.15) is 35.1 Å². The molecule has 0 bridgehead atoms. The Labute approximate surface area is 115 Å². The van der Waals surface area contributed by atoms with E-state index in [4.69, 9.17) is 0 Å². The third-order valence-electron chi connectivity index (χ3n) is 3.97. The molecule has 2 heterocycles. The van der Waals surface area contributed by atoms with Crippen molar-refractivity contribution in [2.24, 2.45) is 5.92 Å². The maximum absolute atomic E-state index is 12.3. The van der Waals surface area contributed by atoms with Crippen LogP contribution in [0.3, 0.4) is 0 Å². The molecule has 0 aromatic carbocycles. The highest BCUT2D eigenvalue weighted by Crippen LogP contribution is 2.41. The molecule has 0 radical (unpaired) electrons. The van der Waals surface area contributed by atoms with E-state index in [1.807, 2.05) is 4.90 Å². The third-order valence-corrected chi connectivity index (χ3v) is 5.07. The van der Waals surface area contributed by atoms with Crippen molar-refractivity contribution in [2.45, 2.75) is 38.3 Å². The van der Waals surface area contributed by atoms with E-state index in [0.717, 1.165) is 19.4 Å². The van der Waals surface area contributed by atoms with Gasteiger partial charge in [0.2, 0.25) is 11.9 Å². The minimum absolute atomic E-state index is 0.0183. The van der Waals surface area contributed by atoms with E-state index in [1.54, 1.807) is 11.3 Å². The minimum atomic E-state index is -0.640. The first-order valence-electron chi connectivity index (χ1n) is 6.58. The summed E-state index contributed by atoms with van der Waals surface area (Å²) in [6, 6.07) is 3.64. The van der Waals surface area contributed by atoms with Crippen LogP contribution in [0.2, 0.25) is 0 Å². The lowest BCUT2D eigenvalue weighted by Gasteiger charge is -2.23. The lowest BCUT2D eigenvalue weighted by Crippen LogP contribution is -2.32. The number of hydrogen-bond donors (Lipinski definition) is 0. The molecule has 1 saturated carbocycles. The minimum Gasteiger partial charge on any atom is -0.334 e. The molecule has 1 aromatic rings. The van der Waals surface area contributed by atoms with Crippen molar-refractivity contribution in [3.8, 4) is 0 Å². The van der Waals surface area contributed by atoms with Crippen LogP contribution >= 0.6 is 11.3 Å². The molecule has 3 rings (SSSR count).